The molecule has 0 saturated carbocycles. The molecule has 0 amide bonds. The molecule has 1 aromatic heterocycles. The number of anilines is 1. The van der Waals surface area contributed by atoms with Gasteiger partial charge in [0.1, 0.15) is 0 Å². The van der Waals surface area contributed by atoms with Gasteiger partial charge in [-0.2, -0.15) is 4.31 Å². The number of benzene rings is 2. The number of piperidine rings is 1. The van der Waals surface area contributed by atoms with Crippen molar-refractivity contribution in [1.82, 2.24) is 19.2 Å². The Bertz CT molecular complexity index is 1580. The lowest BCUT2D eigenvalue weighted by molar-refractivity contribution is 0.159. The van der Waals surface area contributed by atoms with Gasteiger partial charge in [0.25, 0.3) is 0 Å². The molecular formula is C28H36N6O5S2. The van der Waals surface area contributed by atoms with Gasteiger partial charge in [0.15, 0.2) is 11.6 Å². The number of primary sulfonamides is 1. The summed E-state index contributed by atoms with van der Waals surface area (Å²) in [7, 11) is -5.14. The number of rotatable bonds is 8. The molecule has 0 atom stereocenters. The van der Waals surface area contributed by atoms with E-state index in [-0.39, 0.29) is 4.90 Å². The molecule has 2 saturated heterocycles. The number of aromatic nitrogens is 2. The molecule has 5 rings (SSSR count). The molecule has 2 aliphatic heterocycles. The van der Waals surface area contributed by atoms with E-state index in [0.29, 0.717) is 61.4 Å². The normalized spacial score (nSPS) is 18.0. The minimum Gasteiger partial charge on any atom is -0.490 e. The summed E-state index contributed by atoms with van der Waals surface area (Å²) in [6, 6.07) is 12.3. The second kappa shape index (κ2) is 12.0. The lowest BCUT2D eigenvalue weighted by Gasteiger charge is -2.35. The fourth-order valence-corrected chi connectivity index (χ4v) is 6.84. The van der Waals surface area contributed by atoms with E-state index in [0.717, 1.165) is 37.2 Å². The minimum absolute atomic E-state index is 0.00625. The average Bonchev–Trinajstić information content (AvgIpc) is 2.96. The van der Waals surface area contributed by atoms with Gasteiger partial charge in [-0.1, -0.05) is 18.2 Å². The van der Waals surface area contributed by atoms with Crippen molar-refractivity contribution >= 4 is 25.7 Å². The Morgan fingerprint density at radius 1 is 0.902 bits per heavy atom. The van der Waals surface area contributed by atoms with Gasteiger partial charge >= 0.3 is 0 Å². The molecule has 0 aliphatic carbocycles. The minimum atomic E-state index is -4.02. The Hall–Kier alpha value is -3.10. The van der Waals surface area contributed by atoms with Crippen molar-refractivity contribution in [2.45, 2.75) is 17.7 Å². The lowest BCUT2D eigenvalue weighted by Crippen LogP contribution is -2.48. The standard InChI is InChI=1S/C28H36N6O5S2/c1-32-10-8-21(9-11-32)20-39-25-18-30-28(31-19-25)23-5-3-4-22(16-23)26-17-24(6-7-27(26)41(29,37)38)33-12-14-34(15-13-33)40(2,35)36/h3-7,16-19,21H,8-15,20H2,1-2H3,(H2,29,37,38). The van der Waals surface area contributed by atoms with E-state index in [2.05, 4.69) is 21.9 Å². The van der Waals surface area contributed by atoms with Crippen LogP contribution in [0.2, 0.25) is 0 Å². The van der Waals surface area contributed by atoms with Gasteiger partial charge in [-0.15, -0.1) is 0 Å². The van der Waals surface area contributed by atoms with Gasteiger partial charge in [-0.05, 0) is 68.7 Å². The molecule has 2 fully saturated rings. The molecule has 220 valence electrons. The molecule has 0 bridgehead atoms. The summed E-state index contributed by atoms with van der Waals surface area (Å²) in [4.78, 5) is 13.4. The fourth-order valence-electron chi connectivity index (χ4n) is 5.27. The first kappa shape index (κ1) is 29.4. The van der Waals surface area contributed by atoms with Crippen LogP contribution in [0.1, 0.15) is 12.8 Å². The quantitative estimate of drug-likeness (QED) is 0.412. The van der Waals surface area contributed by atoms with Gasteiger partial charge in [-0.25, -0.2) is 31.9 Å². The Morgan fingerprint density at radius 2 is 1.56 bits per heavy atom. The van der Waals surface area contributed by atoms with E-state index in [1.807, 2.05) is 29.2 Å². The number of hydrogen-bond donors (Lipinski definition) is 1. The number of nitrogens with zero attached hydrogens (tertiary/aromatic N) is 5. The maximum atomic E-state index is 12.5. The van der Waals surface area contributed by atoms with Crippen molar-refractivity contribution in [3.05, 3.63) is 54.9 Å². The van der Waals surface area contributed by atoms with Crippen molar-refractivity contribution in [2.24, 2.45) is 11.1 Å². The van der Waals surface area contributed by atoms with Gasteiger partial charge < -0.3 is 14.5 Å². The van der Waals surface area contributed by atoms with Crippen LogP contribution in [-0.4, -0.2) is 95.2 Å². The summed E-state index contributed by atoms with van der Waals surface area (Å²) >= 11 is 0. The Balaban J connectivity index is 1.36. The maximum absolute atomic E-state index is 12.5. The SMILES string of the molecule is CN1CCC(COc2cnc(-c3cccc(-c4cc(N5CCN(S(C)(=O)=O)CC5)ccc4S(N)(=O)=O)c3)nc2)CC1. The van der Waals surface area contributed by atoms with Crippen LogP contribution in [0.5, 0.6) is 5.75 Å². The third kappa shape index (κ3) is 7.22. The van der Waals surface area contributed by atoms with Crippen LogP contribution in [0.4, 0.5) is 5.69 Å². The highest BCUT2D eigenvalue weighted by atomic mass is 32.2. The molecule has 2 aromatic carbocycles. The molecule has 0 radical (unpaired) electrons. The average molecular weight is 601 g/mol. The predicted octanol–water partition coefficient (Wildman–Crippen LogP) is 2.26. The third-order valence-electron chi connectivity index (χ3n) is 7.73. The second-order valence-electron chi connectivity index (χ2n) is 10.8. The first-order valence-corrected chi connectivity index (χ1v) is 17.0. The van der Waals surface area contributed by atoms with Gasteiger partial charge in [-0.3, -0.25) is 0 Å². The largest absolute Gasteiger partial charge is 0.490 e. The van der Waals surface area contributed by atoms with Crippen molar-refractivity contribution in [1.29, 1.82) is 0 Å². The van der Waals surface area contributed by atoms with Crippen LogP contribution in [0, 0.1) is 5.92 Å². The van der Waals surface area contributed by atoms with E-state index in [1.165, 1.54) is 16.6 Å². The number of likely N-dealkylation sites (tertiary alicyclic amines) is 1. The summed E-state index contributed by atoms with van der Waals surface area (Å²) < 4.78 is 56.2. The first-order chi connectivity index (χ1) is 19.5. The van der Waals surface area contributed by atoms with Crippen LogP contribution in [-0.2, 0) is 20.0 Å². The number of ether oxygens (including phenoxy) is 1. The van der Waals surface area contributed by atoms with Crippen LogP contribution in [0.3, 0.4) is 0 Å². The molecule has 13 heteroatoms. The topological polar surface area (TPSA) is 139 Å². The highest BCUT2D eigenvalue weighted by Gasteiger charge is 2.25. The predicted molar refractivity (Wildman–Crippen MR) is 159 cm³/mol. The van der Waals surface area contributed by atoms with Crippen LogP contribution in [0.25, 0.3) is 22.5 Å². The van der Waals surface area contributed by atoms with Crippen LogP contribution < -0.4 is 14.8 Å². The Kier molecular flexibility index (Phi) is 8.62. The summed E-state index contributed by atoms with van der Waals surface area (Å²) in [5.74, 6) is 1.63. The molecule has 11 nitrogen and oxygen atoms in total. The molecule has 41 heavy (non-hydrogen) atoms. The zero-order valence-electron chi connectivity index (χ0n) is 23.3. The molecular weight excluding hydrogens is 564 g/mol. The van der Waals surface area contributed by atoms with E-state index in [9.17, 15) is 16.8 Å². The first-order valence-electron chi connectivity index (χ1n) is 13.6. The van der Waals surface area contributed by atoms with Gasteiger partial charge in [0.05, 0.1) is 30.2 Å². The lowest BCUT2D eigenvalue weighted by atomic mass is 9.98. The van der Waals surface area contributed by atoms with Crippen molar-refractivity contribution in [2.75, 3.05) is 64.1 Å². The zero-order valence-corrected chi connectivity index (χ0v) is 24.9. The molecule has 0 unspecified atom stereocenters. The van der Waals surface area contributed by atoms with Crippen molar-refractivity contribution < 1.29 is 21.6 Å². The highest BCUT2D eigenvalue weighted by Crippen LogP contribution is 2.33. The van der Waals surface area contributed by atoms with E-state index in [1.54, 1.807) is 24.5 Å². The van der Waals surface area contributed by atoms with Gasteiger partial charge in [0, 0.05) is 43.0 Å². The molecule has 3 aromatic rings. The smallest absolute Gasteiger partial charge is 0.238 e. The number of sulfonamides is 2. The molecule has 2 N–H and O–H groups in total. The van der Waals surface area contributed by atoms with Crippen molar-refractivity contribution in [3.63, 3.8) is 0 Å². The van der Waals surface area contributed by atoms with E-state index < -0.39 is 20.0 Å². The summed E-state index contributed by atoms with van der Waals surface area (Å²) in [5, 5.41) is 5.59. The monoisotopic (exact) mass is 600 g/mol. The third-order valence-corrected chi connectivity index (χ3v) is 10.00. The van der Waals surface area contributed by atoms with E-state index in [4.69, 9.17) is 9.88 Å². The number of nitrogens with two attached hydrogens (primary N) is 1. The second-order valence-corrected chi connectivity index (χ2v) is 14.3. The van der Waals surface area contributed by atoms with E-state index >= 15 is 0 Å². The van der Waals surface area contributed by atoms with Crippen molar-refractivity contribution in [3.8, 4) is 28.3 Å². The highest BCUT2D eigenvalue weighted by molar-refractivity contribution is 7.89. The zero-order chi connectivity index (χ0) is 29.2. The number of hydrogen-bond acceptors (Lipinski definition) is 9. The Morgan fingerprint density at radius 3 is 2.20 bits per heavy atom. The molecule has 2 aliphatic rings. The molecule has 0 spiro atoms. The summed E-state index contributed by atoms with van der Waals surface area (Å²) in [5.41, 5.74) is 2.61. The summed E-state index contributed by atoms with van der Waals surface area (Å²) in [6.07, 6.45) is 6.75. The maximum Gasteiger partial charge on any atom is 0.238 e. The fraction of sp³-hybridized carbons (Fsp3) is 0.429. The molecule has 3 heterocycles. The Labute approximate surface area is 242 Å². The van der Waals surface area contributed by atoms with Crippen LogP contribution >= 0.6 is 0 Å². The number of piperazine rings is 1. The van der Waals surface area contributed by atoms with Crippen LogP contribution in [0.15, 0.2) is 59.8 Å². The van der Waals surface area contributed by atoms with Gasteiger partial charge in [0.2, 0.25) is 20.0 Å². The summed E-state index contributed by atoms with van der Waals surface area (Å²) in [6.45, 7) is 4.49.